The number of aryl methyl sites for hydroxylation is 2. The van der Waals surface area contributed by atoms with E-state index in [2.05, 4.69) is 11.4 Å². The van der Waals surface area contributed by atoms with Gasteiger partial charge in [-0.25, -0.2) is 12.8 Å². The van der Waals surface area contributed by atoms with Gasteiger partial charge in [0, 0.05) is 13.1 Å². The molecule has 5 nitrogen and oxygen atoms in total. The van der Waals surface area contributed by atoms with Crippen LogP contribution < -0.4 is 5.32 Å². The summed E-state index contributed by atoms with van der Waals surface area (Å²) < 4.78 is 40.2. The van der Waals surface area contributed by atoms with Crippen molar-refractivity contribution in [2.75, 3.05) is 13.1 Å². The van der Waals surface area contributed by atoms with Crippen LogP contribution in [0.25, 0.3) is 0 Å². The number of hydrogen-bond donors (Lipinski definition) is 1. The lowest BCUT2D eigenvalue weighted by Gasteiger charge is -2.32. The van der Waals surface area contributed by atoms with Crippen LogP contribution in [0.3, 0.4) is 0 Å². The Bertz CT molecular complexity index is 990. The van der Waals surface area contributed by atoms with Crippen molar-refractivity contribution in [3.05, 3.63) is 65.0 Å². The van der Waals surface area contributed by atoms with Gasteiger partial charge in [0.1, 0.15) is 5.82 Å². The summed E-state index contributed by atoms with van der Waals surface area (Å²) in [6, 6.07) is 10.7. The molecule has 1 aliphatic heterocycles. The number of piperidine rings is 1. The second-order valence-corrected chi connectivity index (χ2v) is 9.68. The van der Waals surface area contributed by atoms with E-state index < -0.39 is 21.8 Å². The van der Waals surface area contributed by atoms with Crippen LogP contribution in [0.4, 0.5) is 4.39 Å². The Kier molecular flexibility index (Phi) is 6.39. The Morgan fingerprint density at radius 1 is 1.17 bits per heavy atom. The van der Waals surface area contributed by atoms with Gasteiger partial charge in [0.2, 0.25) is 15.9 Å². The minimum atomic E-state index is -3.75. The summed E-state index contributed by atoms with van der Waals surface area (Å²) >= 11 is 0. The highest BCUT2D eigenvalue weighted by Gasteiger charge is 2.33. The normalized spacial score (nSPS) is 19.0. The molecule has 3 rings (SSSR count). The molecule has 0 saturated carbocycles. The zero-order valence-electron chi connectivity index (χ0n) is 17.0. The molecule has 1 saturated heterocycles. The molecule has 0 bridgehead atoms. The summed E-state index contributed by atoms with van der Waals surface area (Å²) in [5.74, 6) is -1.04. The summed E-state index contributed by atoms with van der Waals surface area (Å²) in [6.07, 6.45) is 1.25. The molecule has 2 aromatic carbocycles. The van der Waals surface area contributed by atoms with Crippen molar-refractivity contribution in [1.29, 1.82) is 0 Å². The molecule has 156 valence electrons. The first-order valence-corrected chi connectivity index (χ1v) is 11.3. The van der Waals surface area contributed by atoms with Gasteiger partial charge in [0.15, 0.2) is 0 Å². The molecule has 0 aliphatic carbocycles. The van der Waals surface area contributed by atoms with Crippen LogP contribution in [-0.4, -0.2) is 31.7 Å². The molecule has 0 unspecified atom stereocenters. The molecule has 0 spiro atoms. The maximum absolute atomic E-state index is 13.1. The second-order valence-electron chi connectivity index (χ2n) is 7.75. The smallest absolute Gasteiger partial charge is 0.243 e. The van der Waals surface area contributed by atoms with E-state index in [0.29, 0.717) is 19.4 Å². The average molecular weight is 419 g/mol. The molecular weight excluding hydrogens is 391 g/mol. The molecule has 7 heteroatoms. The van der Waals surface area contributed by atoms with Gasteiger partial charge in [-0.3, -0.25) is 4.79 Å². The van der Waals surface area contributed by atoms with Gasteiger partial charge >= 0.3 is 0 Å². The van der Waals surface area contributed by atoms with Gasteiger partial charge in [0.25, 0.3) is 0 Å². The van der Waals surface area contributed by atoms with E-state index in [1.54, 1.807) is 0 Å². The largest absolute Gasteiger partial charge is 0.349 e. The lowest BCUT2D eigenvalue weighted by molar-refractivity contribution is -0.126. The zero-order chi connectivity index (χ0) is 21.2. The van der Waals surface area contributed by atoms with Crippen molar-refractivity contribution >= 4 is 15.9 Å². The number of hydrogen-bond acceptors (Lipinski definition) is 3. The molecule has 1 aliphatic rings. The third kappa shape index (κ3) is 4.85. The highest BCUT2D eigenvalue weighted by atomic mass is 32.2. The minimum Gasteiger partial charge on any atom is -0.349 e. The van der Waals surface area contributed by atoms with Crippen LogP contribution >= 0.6 is 0 Å². The van der Waals surface area contributed by atoms with Crippen molar-refractivity contribution < 1.29 is 17.6 Å². The van der Waals surface area contributed by atoms with Crippen molar-refractivity contribution in [2.45, 2.75) is 44.6 Å². The third-order valence-corrected chi connectivity index (χ3v) is 7.34. The van der Waals surface area contributed by atoms with E-state index in [1.807, 2.05) is 32.9 Å². The molecule has 1 amide bonds. The number of halogens is 1. The van der Waals surface area contributed by atoms with Gasteiger partial charge in [0.05, 0.1) is 16.9 Å². The van der Waals surface area contributed by atoms with Crippen LogP contribution in [0, 0.1) is 25.6 Å². The lowest BCUT2D eigenvalue weighted by Crippen LogP contribution is -2.45. The van der Waals surface area contributed by atoms with E-state index >= 15 is 0 Å². The van der Waals surface area contributed by atoms with Crippen LogP contribution in [0.2, 0.25) is 0 Å². The number of benzene rings is 2. The predicted molar refractivity (Wildman–Crippen MR) is 110 cm³/mol. The van der Waals surface area contributed by atoms with E-state index in [1.165, 1.54) is 22.0 Å². The SMILES string of the molecule is Cc1ccc([C@H](C)NC(=O)[C@@H]2CCCN(S(=O)(=O)c3ccc(F)cc3)C2)c(C)c1. The highest BCUT2D eigenvalue weighted by Crippen LogP contribution is 2.25. The molecule has 1 fully saturated rings. The number of amides is 1. The maximum Gasteiger partial charge on any atom is 0.243 e. The Morgan fingerprint density at radius 3 is 2.52 bits per heavy atom. The summed E-state index contributed by atoms with van der Waals surface area (Å²) in [5.41, 5.74) is 3.33. The Hall–Kier alpha value is -2.25. The molecule has 2 aromatic rings. The molecule has 29 heavy (non-hydrogen) atoms. The molecule has 1 heterocycles. The lowest BCUT2D eigenvalue weighted by atomic mass is 9.96. The monoisotopic (exact) mass is 418 g/mol. The number of sulfonamides is 1. The first-order chi connectivity index (χ1) is 13.7. The van der Waals surface area contributed by atoms with Gasteiger partial charge < -0.3 is 5.32 Å². The van der Waals surface area contributed by atoms with Crippen LogP contribution in [0.1, 0.15) is 42.5 Å². The molecule has 2 atom stereocenters. The van der Waals surface area contributed by atoms with Crippen molar-refractivity contribution in [1.82, 2.24) is 9.62 Å². The van der Waals surface area contributed by atoms with Crippen molar-refractivity contribution in [2.24, 2.45) is 5.92 Å². The Labute approximate surface area is 172 Å². The number of rotatable bonds is 5. The summed E-state index contributed by atoms with van der Waals surface area (Å²) in [4.78, 5) is 12.9. The first kappa shape index (κ1) is 21.5. The number of nitrogens with one attached hydrogen (secondary N) is 1. The van der Waals surface area contributed by atoms with Gasteiger partial charge in [-0.05, 0) is 69.0 Å². The standard InChI is InChI=1S/C22H27FN2O3S/c1-15-6-11-21(16(2)13-15)17(3)24-22(26)18-5-4-12-25(14-18)29(27,28)20-9-7-19(23)8-10-20/h6-11,13,17-18H,4-5,12,14H2,1-3H3,(H,24,26)/t17-,18+/m0/s1. The van der Waals surface area contributed by atoms with E-state index in [9.17, 15) is 17.6 Å². The van der Waals surface area contributed by atoms with Gasteiger partial charge in [-0.1, -0.05) is 23.8 Å². The average Bonchev–Trinajstić information content (AvgIpc) is 2.68. The molecule has 0 radical (unpaired) electrons. The van der Waals surface area contributed by atoms with Gasteiger partial charge in [-0.15, -0.1) is 0 Å². The summed E-state index contributed by atoms with van der Waals surface area (Å²) in [7, 11) is -3.75. The number of carbonyl (C=O) groups excluding carboxylic acids is 1. The van der Waals surface area contributed by atoms with Crippen LogP contribution in [-0.2, 0) is 14.8 Å². The quantitative estimate of drug-likeness (QED) is 0.805. The first-order valence-electron chi connectivity index (χ1n) is 9.81. The second kappa shape index (κ2) is 8.63. The predicted octanol–water partition coefficient (Wildman–Crippen LogP) is 3.72. The molecule has 1 N–H and O–H groups in total. The van der Waals surface area contributed by atoms with E-state index in [0.717, 1.165) is 23.3 Å². The molecular formula is C22H27FN2O3S. The fraction of sp³-hybridized carbons (Fsp3) is 0.409. The fourth-order valence-corrected chi connectivity index (χ4v) is 5.37. The number of carbonyl (C=O) groups is 1. The topological polar surface area (TPSA) is 66.5 Å². The minimum absolute atomic E-state index is 0.0450. The Balaban J connectivity index is 1.69. The molecule has 0 aromatic heterocycles. The van der Waals surface area contributed by atoms with Crippen LogP contribution in [0.5, 0.6) is 0 Å². The summed E-state index contributed by atoms with van der Waals surface area (Å²) in [5, 5.41) is 3.04. The van der Waals surface area contributed by atoms with Gasteiger partial charge in [-0.2, -0.15) is 4.31 Å². The van der Waals surface area contributed by atoms with E-state index in [4.69, 9.17) is 0 Å². The van der Waals surface area contributed by atoms with E-state index in [-0.39, 0.29) is 23.4 Å². The van der Waals surface area contributed by atoms with Crippen molar-refractivity contribution in [3.63, 3.8) is 0 Å². The third-order valence-electron chi connectivity index (χ3n) is 5.46. The summed E-state index contributed by atoms with van der Waals surface area (Å²) in [6.45, 7) is 6.47. The van der Waals surface area contributed by atoms with Crippen molar-refractivity contribution in [3.8, 4) is 0 Å². The fourth-order valence-electron chi connectivity index (χ4n) is 3.85. The Morgan fingerprint density at radius 2 is 1.86 bits per heavy atom. The maximum atomic E-state index is 13.1. The number of nitrogens with zero attached hydrogens (tertiary/aromatic N) is 1. The zero-order valence-corrected chi connectivity index (χ0v) is 17.8. The highest BCUT2D eigenvalue weighted by molar-refractivity contribution is 7.89. The van der Waals surface area contributed by atoms with Crippen LogP contribution in [0.15, 0.2) is 47.4 Å².